The van der Waals surface area contributed by atoms with Crippen molar-refractivity contribution in [2.75, 3.05) is 13.2 Å². The third kappa shape index (κ3) is 4.63. The molecule has 0 aromatic heterocycles. The van der Waals surface area contributed by atoms with Gasteiger partial charge in [0.25, 0.3) is 5.91 Å². The van der Waals surface area contributed by atoms with Crippen LogP contribution in [0.1, 0.15) is 34.1 Å². The van der Waals surface area contributed by atoms with Gasteiger partial charge >= 0.3 is 11.9 Å². The molecule has 0 bridgehead atoms. The molecule has 12 heteroatoms. The van der Waals surface area contributed by atoms with Gasteiger partial charge in [-0.15, -0.1) is 0 Å². The highest BCUT2D eigenvalue weighted by atomic mass is 35.6. The van der Waals surface area contributed by atoms with Crippen LogP contribution in [0.3, 0.4) is 0 Å². The number of nitrogens with zero attached hydrogens (tertiary/aromatic N) is 2. The first kappa shape index (κ1) is 23.4. The molecule has 8 nitrogen and oxygen atoms in total. The number of carbonyl (C=O) groups is 3. The number of rotatable bonds is 6. The molecule has 0 aromatic carbocycles. The Balaban J connectivity index is 2.18. The smallest absolute Gasteiger partial charge is 0.330 e. The quantitative estimate of drug-likeness (QED) is 0.251. The number of amides is 1. The summed E-state index contributed by atoms with van der Waals surface area (Å²) in [6.45, 7) is 6.21. The fraction of sp³-hybridized carbons (Fsp3) is 0.750. The second-order valence-corrected chi connectivity index (χ2v) is 11.6. The number of aliphatic imine (C=N–C) groups is 1. The van der Waals surface area contributed by atoms with E-state index in [-0.39, 0.29) is 13.0 Å². The molecule has 0 radical (unpaired) electrons. The van der Waals surface area contributed by atoms with Crippen LogP contribution in [0.15, 0.2) is 4.99 Å². The van der Waals surface area contributed by atoms with Crippen LogP contribution in [0.4, 0.5) is 0 Å². The van der Waals surface area contributed by atoms with E-state index in [0.717, 1.165) is 0 Å². The number of ether oxygens (including phenoxy) is 2. The van der Waals surface area contributed by atoms with Crippen LogP contribution in [0.5, 0.6) is 0 Å². The van der Waals surface area contributed by atoms with Crippen LogP contribution in [-0.2, 0) is 34.7 Å². The summed E-state index contributed by atoms with van der Waals surface area (Å²) in [5, 5.41) is -0.787. The molecule has 0 aromatic rings. The Kier molecular flexibility index (Phi) is 7.06. The summed E-state index contributed by atoms with van der Waals surface area (Å²) < 4.78 is 19.9. The number of esters is 2. The van der Waals surface area contributed by atoms with Gasteiger partial charge in [-0.2, -0.15) is 0 Å². The first-order valence-electron chi connectivity index (χ1n) is 8.46. The summed E-state index contributed by atoms with van der Waals surface area (Å²) in [6.07, 6.45) is -0.0743. The molecular weight excluding hydrogens is 455 g/mol. The first-order valence-corrected chi connectivity index (χ1v) is 10.8. The molecule has 28 heavy (non-hydrogen) atoms. The maximum atomic E-state index is 12.9. The summed E-state index contributed by atoms with van der Waals surface area (Å²) in [6, 6.07) is -2.02. The van der Waals surface area contributed by atoms with Crippen molar-refractivity contribution in [3.63, 3.8) is 0 Å². The lowest BCUT2D eigenvalue weighted by atomic mass is 9.96. The van der Waals surface area contributed by atoms with E-state index in [1.54, 1.807) is 27.7 Å². The fourth-order valence-corrected chi connectivity index (χ4v) is 5.23. The van der Waals surface area contributed by atoms with Gasteiger partial charge in [0.1, 0.15) is 18.0 Å². The van der Waals surface area contributed by atoms with Crippen LogP contribution in [0, 0.1) is 0 Å². The Morgan fingerprint density at radius 3 is 2.43 bits per heavy atom. The van der Waals surface area contributed by atoms with E-state index < -0.39 is 61.2 Å². The van der Waals surface area contributed by atoms with E-state index in [1.807, 2.05) is 0 Å². The van der Waals surface area contributed by atoms with Crippen molar-refractivity contribution in [1.29, 1.82) is 0 Å². The Morgan fingerprint density at radius 2 is 1.89 bits per heavy atom. The lowest BCUT2D eigenvalue weighted by Gasteiger charge is -2.41. The largest absolute Gasteiger partial charge is 0.466 e. The number of β-lactam (4-membered cyclic amide) rings is 1. The van der Waals surface area contributed by atoms with E-state index >= 15 is 0 Å². The van der Waals surface area contributed by atoms with Gasteiger partial charge in [0.15, 0.2) is 6.04 Å². The van der Waals surface area contributed by atoms with Crippen molar-refractivity contribution in [2.24, 2.45) is 4.99 Å². The Bertz CT molecular complexity index is 736. The molecular formula is C16H21Cl3N2O6S. The number of fused-ring (bicyclic) bond motifs is 1. The lowest BCUT2D eigenvalue weighted by Crippen LogP contribution is -2.66. The normalized spacial score (nSPS) is 29.2. The summed E-state index contributed by atoms with van der Waals surface area (Å²) in [4.78, 5) is 42.1. The highest BCUT2D eigenvalue weighted by Gasteiger charge is 2.68. The minimum absolute atomic E-state index is 0.0743. The maximum absolute atomic E-state index is 12.9. The van der Waals surface area contributed by atoms with Gasteiger partial charge < -0.3 is 14.4 Å². The molecule has 3 unspecified atom stereocenters. The molecule has 0 spiro atoms. The van der Waals surface area contributed by atoms with Gasteiger partial charge in [-0.05, 0) is 27.7 Å². The predicted molar refractivity (Wildman–Crippen MR) is 106 cm³/mol. The van der Waals surface area contributed by atoms with Crippen molar-refractivity contribution in [1.82, 2.24) is 4.90 Å². The van der Waals surface area contributed by atoms with Crippen molar-refractivity contribution < 1.29 is 28.1 Å². The van der Waals surface area contributed by atoms with E-state index in [4.69, 9.17) is 44.3 Å². The first-order chi connectivity index (χ1) is 12.8. The lowest BCUT2D eigenvalue weighted by molar-refractivity contribution is -0.162. The van der Waals surface area contributed by atoms with Crippen molar-refractivity contribution >= 4 is 69.2 Å². The monoisotopic (exact) mass is 474 g/mol. The zero-order valence-corrected chi connectivity index (χ0v) is 18.8. The van der Waals surface area contributed by atoms with Crippen molar-refractivity contribution in [3.8, 4) is 0 Å². The zero-order valence-electron chi connectivity index (χ0n) is 15.7. The topological polar surface area (TPSA) is 102 Å². The van der Waals surface area contributed by atoms with Gasteiger partial charge in [-0.3, -0.25) is 18.8 Å². The number of hydrogen-bond donors (Lipinski definition) is 0. The van der Waals surface area contributed by atoms with Crippen LogP contribution < -0.4 is 0 Å². The molecule has 2 aliphatic rings. The molecule has 2 aliphatic heterocycles. The minimum atomic E-state index is -1.80. The highest BCUT2D eigenvalue weighted by Crippen LogP contribution is 2.45. The van der Waals surface area contributed by atoms with Crippen LogP contribution in [-0.4, -0.2) is 71.9 Å². The molecule has 2 saturated heterocycles. The minimum Gasteiger partial charge on any atom is -0.466 e. The molecule has 0 saturated carbocycles. The Labute approximate surface area is 180 Å². The maximum Gasteiger partial charge on any atom is 0.330 e. The summed E-state index contributed by atoms with van der Waals surface area (Å²) >= 11 is 16.8. The van der Waals surface area contributed by atoms with Gasteiger partial charge in [-0.25, -0.2) is 4.79 Å². The number of alkyl halides is 3. The second kappa shape index (κ2) is 8.45. The average Bonchev–Trinajstić information content (AvgIpc) is 2.74. The molecule has 2 fully saturated rings. The van der Waals surface area contributed by atoms with Crippen LogP contribution in [0.25, 0.3) is 0 Å². The Morgan fingerprint density at radius 1 is 1.29 bits per heavy atom. The van der Waals surface area contributed by atoms with E-state index in [9.17, 15) is 18.6 Å². The van der Waals surface area contributed by atoms with Gasteiger partial charge in [0.05, 0.1) is 28.6 Å². The number of carbonyl (C=O) groups excluding carboxylic acids is 3. The van der Waals surface area contributed by atoms with Crippen molar-refractivity contribution in [2.45, 2.75) is 60.1 Å². The SMILES string of the molecule is CCOC(=O)CC(C)=NC1C(=O)N2C(C(=O)OCC(Cl)(Cl)Cl)C(C)(C)S(=O)[C@@H]12. The van der Waals surface area contributed by atoms with Crippen molar-refractivity contribution in [3.05, 3.63) is 0 Å². The van der Waals surface area contributed by atoms with Crippen LogP contribution >= 0.6 is 34.8 Å². The van der Waals surface area contributed by atoms with Crippen LogP contribution in [0.2, 0.25) is 0 Å². The summed E-state index contributed by atoms with van der Waals surface area (Å²) in [5.41, 5.74) is 0.383. The third-order valence-electron chi connectivity index (χ3n) is 4.39. The fourth-order valence-electron chi connectivity index (χ4n) is 3.17. The summed E-state index contributed by atoms with van der Waals surface area (Å²) in [7, 11) is -1.60. The molecule has 4 atom stereocenters. The molecule has 0 aliphatic carbocycles. The van der Waals surface area contributed by atoms with E-state index in [2.05, 4.69) is 4.99 Å². The molecule has 2 rings (SSSR count). The standard InChI is InChI=1S/C16H21Cl3N2O6S/c1-5-26-9(22)6-8(2)20-10-12(23)21-11(14(24)27-7-16(17,18)19)15(3,4)28(25)13(10)21/h10-11,13H,5-7H2,1-4H3/t10?,11?,13-,28?/m0/s1. The zero-order chi connectivity index (χ0) is 21.4. The third-order valence-corrected chi connectivity index (χ3v) is 6.90. The Hall–Kier alpha value is -0.900. The molecule has 1 amide bonds. The van der Waals surface area contributed by atoms with Gasteiger partial charge in [0.2, 0.25) is 3.79 Å². The van der Waals surface area contributed by atoms with Gasteiger partial charge in [0, 0.05) is 5.71 Å². The second-order valence-electron chi connectivity index (χ2n) is 6.95. The average molecular weight is 476 g/mol. The highest BCUT2D eigenvalue weighted by molar-refractivity contribution is 7.87. The summed E-state index contributed by atoms with van der Waals surface area (Å²) in [5.74, 6) is -1.73. The number of hydrogen-bond acceptors (Lipinski definition) is 7. The number of halogens is 3. The molecule has 2 heterocycles. The van der Waals surface area contributed by atoms with Gasteiger partial charge in [-0.1, -0.05) is 34.8 Å². The van der Waals surface area contributed by atoms with E-state index in [1.165, 1.54) is 4.90 Å². The molecule has 158 valence electrons. The van der Waals surface area contributed by atoms with E-state index in [0.29, 0.717) is 5.71 Å². The predicted octanol–water partition coefficient (Wildman–Crippen LogP) is 1.76. The molecule has 0 N–H and O–H groups in total.